The highest BCUT2D eigenvalue weighted by Gasteiger charge is 2.51. The first kappa shape index (κ1) is 21.4. The molecule has 172 valence electrons. The molecule has 1 amide bonds. The van der Waals surface area contributed by atoms with Gasteiger partial charge in [-0.3, -0.25) is 9.48 Å². The second-order valence-electron chi connectivity index (χ2n) is 10.3. The van der Waals surface area contributed by atoms with E-state index in [2.05, 4.69) is 53.7 Å². The number of nitrogens with one attached hydrogen (secondary N) is 1. The van der Waals surface area contributed by atoms with Gasteiger partial charge in [0.1, 0.15) is 0 Å². The van der Waals surface area contributed by atoms with Crippen molar-refractivity contribution in [1.82, 2.24) is 15.1 Å². The van der Waals surface area contributed by atoms with Crippen LogP contribution in [0.4, 0.5) is 0 Å². The van der Waals surface area contributed by atoms with Gasteiger partial charge in [0.15, 0.2) is 0 Å². The summed E-state index contributed by atoms with van der Waals surface area (Å²) in [5.74, 6) is 0.804. The zero-order chi connectivity index (χ0) is 23.3. The summed E-state index contributed by atoms with van der Waals surface area (Å²) < 4.78 is 1.89. The van der Waals surface area contributed by atoms with Crippen LogP contribution in [-0.2, 0) is 6.54 Å². The average Bonchev–Trinajstić information content (AvgIpc) is 3.22. The minimum atomic E-state index is -0.0323. The Hall–Kier alpha value is -3.11. The van der Waals surface area contributed by atoms with E-state index in [1.54, 1.807) is 12.3 Å². The van der Waals surface area contributed by atoms with Crippen molar-refractivity contribution in [3.8, 4) is 11.1 Å². The molecule has 6 rings (SSSR count). The van der Waals surface area contributed by atoms with E-state index in [1.165, 1.54) is 24.0 Å². The summed E-state index contributed by atoms with van der Waals surface area (Å²) in [7, 11) is 0. The number of hydrogen-bond acceptors (Lipinski definition) is 2. The first-order chi connectivity index (χ1) is 16.5. The lowest BCUT2D eigenvalue weighted by molar-refractivity contribution is -0.0399. The summed E-state index contributed by atoms with van der Waals surface area (Å²) in [6, 6.07) is 22.7. The Labute approximate surface area is 204 Å². The summed E-state index contributed by atoms with van der Waals surface area (Å²) in [5.41, 5.74) is 5.43. The molecular weight excluding hydrogens is 442 g/mol. The summed E-state index contributed by atoms with van der Waals surface area (Å²) in [6.07, 6.45) is 6.58. The molecular formula is C29H28ClN3O. The van der Waals surface area contributed by atoms with E-state index in [0.29, 0.717) is 22.5 Å². The predicted octanol–water partition coefficient (Wildman–Crippen LogP) is 6.71. The van der Waals surface area contributed by atoms with Crippen LogP contribution in [0.1, 0.15) is 48.5 Å². The van der Waals surface area contributed by atoms with Gasteiger partial charge in [-0.25, -0.2) is 0 Å². The molecule has 1 spiro atoms. The lowest BCUT2D eigenvalue weighted by Crippen LogP contribution is -2.55. The van der Waals surface area contributed by atoms with Crippen LogP contribution < -0.4 is 5.32 Å². The Morgan fingerprint density at radius 1 is 1.00 bits per heavy atom. The van der Waals surface area contributed by atoms with Gasteiger partial charge in [0.25, 0.3) is 5.91 Å². The zero-order valence-electron chi connectivity index (χ0n) is 19.3. The Kier molecular flexibility index (Phi) is 5.22. The van der Waals surface area contributed by atoms with Crippen molar-refractivity contribution in [3.05, 3.63) is 89.1 Å². The minimum absolute atomic E-state index is 0.0323. The molecule has 4 nitrogen and oxygen atoms in total. The Morgan fingerprint density at radius 2 is 1.71 bits per heavy atom. The molecule has 4 aromatic rings. The highest BCUT2D eigenvalue weighted by atomic mass is 35.5. The third kappa shape index (κ3) is 3.80. The SMILES string of the molecule is CC1CC2(C1)CC(NC(=O)c1ccc(Cl)c3cnn(Cc4ccc(-c5ccccc5)cc4)c13)C2. The summed E-state index contributed by atoms with van der Waals surface area (Å²) >= 11 is 6.48. The molecule has 2 saturated carbocycles. The van der Waals surface area contributed by atoms with E-state index in [9.17, 15) is 4.79 Å². The van der Waals surface area contributed by atoms with Crippen molar-refractivity contribution in [3.63, 3.8) is 0 Å². The molecule has 1 N–H and O–H groups in total. The molecule has 0 atom stereocenters. The van der Waals surface area contributed by atoms with Crippen LogP contribution in [-0.4, -0.2) is 21.7 Å². The lowest BCUT2D eigenvalue weighted by atomic mass is 9.50. The summed E-state index contributed by atoms with van der Waals surface area (Å²) in [6.45, 7) is 2.89. The molecule has 2 aliphatic rings. The highest BCUT2D eigenvalue weighted by Crippen LogP contribution is 2.58. The number of fused-ring (bicyclic) bond motifs is 1. The fourth-order valence-electron chi connectivity index (χ4n) is 6.18. The molecule has 0 unspecified atom stereocenters. The zero-order valence-corrected chi connectivity index (χ0v) is 20.1. The molecule has 34 heavy (non-hydrogen) atoms. The number of hydrogen-bond donors (Lipinski definition) is 1. The van der Waals surface area contributed by atoms with Crippen LogP contribution in [0, 0.1) is 11.3 Å². The standard InChI is InChI=1S/C29H28ClN3O/c1-19-13-29(14-19)15-23(16-29)32-28(34)24-11-12-26(30)25-17-31-33(27(24)25)18-20-7-9-22(10-8-20)21-5-3-2-4-6-21/h2-12,17,19,23H,13-16,18H2,1H3,(H,32,34). The predicted molar refractivity (Wildman–Crippen MR) is 137 cm³/mol. The van der Waals surface area contributed by atoms with Gasteiger partial charge in [-0.2, -0.15) is 5.10 Å². The number of rotatable bonds is 5. The van der Waals surface area contributed by atoms with Gasteiger partial charge in [0.2, 0.25) is 0 Å². The van der Waals surface area contributed by atoms with E-state index < -0.39 is 0 Å². The normalized spacial score (nSPS) is 23.5. The Morgan fingerprint density at radius 3 is 2.41 bits per heavy atom. The number of carbonyl (C=O) groups is 1. The van der Waals surface area contributed by atoms with Crippen molar-refractivity contribution in [1.29, 1.82) is 0 Å². The van der Waals surface area contributed by atoms with Crippen LogP contribution in [0.5, 0.6) is 0 Å². The van der Waals surface area contributed by atoms with E-state index in [-0.39, 0.29) is 11.9 Å². The minimum Gasteiger partial charge on any atom is -0.349 e. The molecule has 1 heterocycles. The first-order valence-corrected chi connectivity index (χ1v) is 12.5. The van der Waals surface area contributed by atoms with E-state index in [4.69, 9.17) is 11.6 Å². The fourth-order valence-corrected chi connectivity index (χ4v) is 6.38. The van der Waals surface area contributed by atoms with Crippen LogP contribution >= 0.6 is 11.6 Å². The van der Waals surface area contributed by atoms with Crippen molar-refractivity contribution < 1.29 is 4.79 Å². The quantitative estimate of drug-likeness (QED) is 0.353. The second-order valence-corrected chi connectivity index (χ2v) is 10.7. The maximum Gasteiger partial charge on any atom is 0.253 e. The van der Waals surface area contributed by atoms with Crippen molar-refractivity contribution in [2.24, 2.45) is 11.3 Å². The van der Waals surface area contributed by atoms with E-state index in [0.717, 1.165) is 35.2 Å². The van der Waals surface area contributed by atoms with Gasteiger partial charge in [0.05, 0.1) is 28.8 Å². The lowest BCUT2D eigenvalue weighted by Gasteiger charge is -2.57. The molecule has 0 aliphatic heterocycles. The van der Waals surface area contributed by atoms with Crippen LogP contribution in [0.15, 0.2) is 72.9 Å². The van der Waals surface area contributed by atoms with E-state index >= 15 is 0 Å². The first-order valence-electron chi connectivity index (χ1n) is 12.1. The van der Waals surface area contributed by atoms with Crippen molar-refractivity contribution >= 4 is 28.4 Å². The third-order valence-electron chi connectivity index (χ3n) is 7.64. The average molecular weight is 470 g/mol. The summed E-state index contributed by atoms with van der Waals surface area (Å²) in [5, 5.41) is 9.29. The number of aromatic nitrogens is 2. The van der Waals surface area contributed by atoms with Crippen LogP contribution in [0.25, 0.3) is 22.0 Å². The Bertz CT molecular complexity index is 1350. The fraction of sp³-hybridized carbons (Fsp3) is 0.310. The van der Waals surface area contributed by atoms with Crippen molar-refractivity contribution in [2.75, 3.05) is 0 Å². The van der Waals surface area contributed by atoms with Gasteiger partial charge in [-0.1, -0.05) is 73.1 Å². The third-order valence-corrected chi connectivity index (χ3v) is 7.97. The molecule has 0 radical (unpaired) electrons. The number of benzene rings is 3. The number of nitrogens with zero attached hydrogens (tertiary/aromatic N) is 2. The largest absolute Gasteiger partial charge is 0.349 e. The monoisotopic (exact) mass is 469 g/mol. The van der Waals surface area contributed by atoms with Crippen LogP contribution in [0.2, 0.25) is 5.02 Å². The topological polar surface area (TPSA) is 46.9 Å². The second kappa shape index (κ2) is 8.28. The molecule has 3 aromatic carbocycles. The van der Waals surface area contributed by atoms with Gasteiger partial charge in [-0.15, -0.1) is 0 Å². The maximum atomic E-state index is 13.3. The number of amides is 1. The number of halogens is 1. The molecule has 5 heteroatoms. The molecule has 1 aromatic heterocycles. The maximum absolute atomic E-state index is 13.3. The van der Waals surface area contributed by atoms with Gasteiger partial charge >= 0.3 is 0 Å². The summed E-state index contributed by atoms with van der Waals surface area (Å²) in [4.78, 5) is 13.3. The smallest absolute Gasteiger partial charge is 0.253 e. The van der Waals surface area contributed by atoms with E-state index in [1.807, 2.05) is 28.9 Å². The highest BCUT2D eigenvalue weighted by molar-refractivity contribution is 6.36. The molecule has 2 aliphatic carbocycles. The van der Waals surface area contributed by atoms with Gasteiger partial charge in [0, 0.05) is 11.4 Å². The van der Waals surface area contributed by atoms with Crippen LogP contribution in [0.3, 0.4) is 0 Å². The van der Waals surface area contributed by atoms with Gasteiger partial charge < -0.3 is 5.32 Å². The van der Waals surface area contributed by atoms with Gasteiger partial charge in [-0.05, 0) is 65.8 Å². The van der Waals surface area contributed by atoms with Crippen molar-refractivity contribution in [2.45, 2.75) is 45.2 Å². The molecule has 0 saturated heterocycles. The number of carbonyl (C=O) groups excluding carboxylic acids is 1. The Balaban J connectivity index is 1.23. The molecule has 2 fully saturated rings. The molecule has 0 bridgehead atoms.